The summed E-state index contributed by atoms with van der Waals surface area (Å²) < 4.78 is 0. The number of nitrogens with one attached hydrogen (secondary N) is 2. The van der Waals surface area contributed by atoms with E-state index in [9.17, 15) is 9.59 Å². The van der Waals surface area contributed by atoms with E-state index in [1.807, 2.05) is 24.3 Å². The molecule has 0 heterocycles. The van der Waals surface area contributed by atoms with Gasteiger partial charge in [0.25, 0.3) is 0 Å². The van der Waals surface area contributed by atoms with E-state index in [0.717, 1.165) is 24.8 Å². The summed E-state index contributed by atoms with van der Waals surface area (Å²) in [6, 6.07) is 7.73. The standard InChI is InChI=1S/C18H26N2O2/c1-12(2)14-9-5-7-11-16(14)20-18(22)17(21)19-15-10-6-4-8-13(15)3/h5,7,9,11-13,15H,4,6,8,10H2,1-3H3,(H,19,21)(H,20,22)/t13-,15-/m1/s1. The van der Waals surface area contributed by atoms with E-state index in [1.54, 1.807) is 0 Å². The number of carbonyl (C=O) groups is 2. The Morgan fingerprint density at radius 1 is 1.09 bits per heavy atom. The van der Waals surface area contributed by atoms with Gasteiger partial charge >= 0.3 is 11.8 Å². The van der Waals surface area contributed by atoms with Crippen LogP contribution in [0.15, 0.2) is 24.3 Å². The largest absolute Gasteiger partial charge is 0.345 e. The zero-order valence-corrected chi connectivity index (χ0v) is 13.7. The van der Waals surface area contributed by atoms with Crippen LogP contribution in [-0.4, -0.2) is 17.9 Å². The summed E-state index contributed by atoms with van der Waals surface area (Å²) in [5.41, 5.74) is 1.75. The van der Waals surface area contributed by atoms with Crippen LogP contribution in [-0.2, 0) is 9.59 Å². The lowest BCUT2D eigenvalue weighted by Crippen LogP contribution is -2.45. The van der Waals surface area contributed by atoms with Gasteiger partial charge < -0.3 is 10.6 Å². The number of rotatable bonds is 3. The molecular weight excluding hydrogens is 276 g/mol. The first-order valence-electron chi connectivity index (χ1n) is 8.19. The second kappa shape index (κ2) is 7.43. The molecule has 1 aliphatic rings. The van der Waals surface area contributed by atoms with Crippen molar-refractivity contribution in [3.63, 3.8) is 0 Å². The third-order valence-corrected chi connectivity index (χ3v) is 4.47. The van der Waals surface area contributed by atoms with Gasteiger partial charge in [0.05, 0.1) is 0 Å². The molecule has 0 bridgehead atoms. The fourth-order valence-corrected chi connectivity index (χ4v) is 3.06. The Labute approximate surface area is 132 Å². The predicted octanol–water partition coefficient (Wildman–Crippen LogP) is 3.44. The van der Waals surface area contributed by atoms with Crippen LogP contribution < -0.4 is 10.6 Å². The third kappa shape index (κ3) is 4.09. The monoisotopic (exact) mass is 302 g/mol. The summed E-state index contributed by atoms with van der Waals surface area (Å²) in [5.74, 6) is -0.380. The van der Waals surface area contributed by atoms with E-state index in [-0.39, 0.29) is 12.0 Å². The topological polar surface area (TPSA) is 58.2 Å². The van der Waals surface area contributed by atoms with Crippen molar-refractivity contribution < 1.29 is 9.59 Å². The summed E-state index contributed by atoms with van der Waals surface area (Å²) in [6.07, 6.45) is 4.40. The van der Waals surface area contributed by atoms with E-state index in [2.05, 4.69) is 31.4 Å². The molecule has 2 atom stereocenters. The van der Waals surface area contributed by atoms with Gasteiger partial charge in [0.15, 0.2) is 0 Å². The number of carbonyl (C=O) groups excluding carboxylic acids is 2. The molecule has 0 aromatic heterocycles. The minimum absolute atomic E-state index is 0.118. The number of hydrogen-bond acceptors (Lipinski definition) is 2. The van der Waals surface area contributed by atoms with Gasteiger partial charge in [-0.05, 0) is 36.3 Å². The highest BCUT2D eigenvalue weighted by molar-refractivity contribution is 6.39. The van der Waals surface area contributed by atoms with Crippen LogP contribution >= 0.6 is 0 Å². The Balaban J connectivity index is 1.98. The minimum atomic E-state index is -0.578. The van der Waals surface area contributed by atoms with Crippen molar-refractivity contribution >= 4 is 17.5 Å². The van der Waals surface area contributed by atoms with Crippen molar-refractivity contribution in [3.8, 4) is 0 Å². The van der Waals surface area contributed by atoms with E-state index in [1.165, 1.54) is 6.42 Å². The van der Waals surface area contributed by atoms with Gasteiger partial charge in [-0.1, -0.05) is 51.8 Å². The molecule has 1 aliphatic carbocycles. The maximum Gasteiger partial charge on any atom is 0.313 e. The highest BCUT2D eigenvalue weighted by atomic mass is 16.2. The summed E-state index contributed by atoms with van der Waals surface area (Å²) in [4.78, 5) is 24.3. The SMILES string of the molecule is CC(C)c1ccccc1NC(=O)C(=O)N[C@@H]1CCCC[C@H]1C. The molecule has 1 saturated carbocycles. The lowest BCUT2D eigenvalue weighted by molar-refractivity contribution is -0.137. The summed E-state index contributed by atoms with van der Waals surface area (Å²) >= 11 is 0. The fourth-order valence-electron chi connectivity index (χ4n) is 3.06. The molecule has 0 unspecified atom stereocenters. The second-order valence-electron chi connectivity index (χ2n) is 6.54. The second-order valence-corrected chi connectivity index (χ2v) is 6.54. The number of amides is 2. The van der Waals surface area contributed by atoms with Crippen molar-refractivity contribution in [1.29, 1.82) is 0 Å². The average molecular weight is 302 g/mol. The van der Waals surface area contributed by atoms with Crippen LogP contribution in [0.2, 0.25) is 0 Å². The number of anilines is 1. The highest BCUT2D eigenvalue weighted by Gasteiger charge is 2.25. The zero-order valence-electron chi connectivity index (χ0n) is 13.7. The molecule has 2 N–H and O–H groups in total. The summed E-state index contributed by atoms with van der Waals surface area (Å²) in [6.45, 7) is 6.26. The van der Waals surface area contributed by atoms with Gasteiger partial charge in [0.2, 0.25) is 0 Å². The molecule has 120 valence electrons. The molecule has 0 spiro atoms. The Bertz CT molecular complexity index is 540. The zero-order chi connectivity index (χ0) is 16.1. The molecule has 0 radical (unpaired) electrons. The van der Waals surface area contributed by atoms with Gasteiger partial charge in [-0.3, -0.25) is 9.59 Å². The third-order valence-electron chi connectivity index (χ3n) is 4.47. The van der Waals surface area contributed by atoms with Gasteiger partial charge in [-0.2, -0.15) is 0 Å². The molecule has 2 rings (SSSR count). The maximum absolute atomic E-state index is 12.1. The lowest BCUT2D eigenvalue weighted by atomic mass is 9.86. The van der Waals surface area contributed by atoms with Crippen molar-refractivity contribution in [1.82, 2.24) is 5.32 Å². The van der Waals surface area contributed by atoms with Crippen LogP contribution in [0, 0.1) is 5.92 Å². The minimum Gasteiger partial charge on any atom is -0.345 e. The lowest BCUT2D eigenvalue weighted by Gasteiger charge is -2.29. The Morgan fingerprint density at radius 3 is 2.45 bits per heavy atom. The van der Waals surface area contributed by atoms with E-state index < -0.39 is 11.8 Å². The first-order chi connectivity index (χ1) is 10.5. The average Bonchev–Trinajstić information content (AvgIpc) is 2.49. The molecule has 1 fully saturated rings. The molecule has 4 heteroatoms. The number of benzene rings is 1. The molecule has 4 nitrogen and oxygen atoms in total. The maximum atomic E-state index is 12.1. The fraction of sp³-hybridized carbons (Fsp3) is 0.556. The first kappa shape index (κ1) is 16.5. The van der Waals surface area contributed by atoms with Gasteiger partial charge in [0.1, 0.15) is 0 Å². The van der Waals surface area contributed by atoms with Crippen LogP contribution in [0.3, 0.4) is 0 Å². The highest BCUT2D eigenvalue weighted by Crippen LogP contribution is 2.25. The van der Waals surface area contributed by atoms with Crippen molar-refractivity contribution in [2.75, 3.05) is 5.32 Å². The molecule has 1 aromatic carbocycles. The van der Waals surface area contributed by atoms with Crippen LogP contribution in [0.1, 0.15) is 57.9 Å². The number of para-hydroxylation sites is 1. The summed E-state index contributed by atoms with van der Waals surface area (Å²) in [5, 5.41) is 5.63. The molecule has 22 heavy (non-hydrogen) atoms. The Hall–Kier alpha value is -1.84. The normalized spacial score (nSPS) is 21.5. The molecular formula is C18H26N2O2. The van der Waals surface area contributed by atoms with E-state index in [0.29, 0.717) is 11.6 Å². The molecule has 2 amide bonds. The first-order valence-corrected chi connectivity index (χ1v) is 8.19. The molecule has 0 aliphatic heterocycles. The number of hydrogen-bond donors (Lipinski definition) is 2. The molecule has 0 saturated heterocycles. The van der Waals surface area contributed by atoms with Gasteiger partial charge in [-0.25, -0.2) is 0 Å². The van der Waals surface area contributed by atoms with E-state index >= 15 is 0 Å². The molecule has 1 aromatic rings. The van der Waals surface area contributed by atoms with E-state index in [4.69, 9.17) is 0 Å². The quantitative estimate of drug-likeness (QED) is 0.840. The Morgan fingerprint density at radius 2 is 1.77 bits per heavy atom. The van der Waals surface area contributed by atoms with Crippen molar-refractivity contribution in [2.24, 2.45) is 5.92 Å². The Kier molecular flexibility index (Phi) is 5.58. The van der Waals surface area contributed by atoms with Crippen LogP contribution in [0.25, 0.3) is 0 Å². The van der Waals surface area contributed by atoms with Gasteiger partial charge in [0, 0.05) is 11.7 Å². The van der Waals surface area contributed by atoms with Crippen LogP contribution in [0.4, 0.5) is 5.69 Å². The van der Waals surface area contributed by atoms with Crippen molar-refractivity contribution in [2.45, 2.75) is 58.4 Å². The van der Waals surface area contributed by atoms with Crippen LogP contribution in [0.5, 0.6) is 0 Å². The summed E-state index contributed by atoms with van der Waals surface area (Å²) in [7, 11) is 0. The van der Waals surface area contributed by atoms with Gasteiger partial charge in [-0.15, -0.1) is 0 Å². The predicted molar refractivity (Wildman–Crippen MR) is 88.7 cm³/mol. The van der Waals surface area contributed by atoms with Crippen molar-refractivity contribution in [3.05, 3.63) is 29.8 Å². The smallest absolute Gasteiger partial charge is 0.313 e.